The van der Waals surface area contributed by atoms with Crippen LogP contribution in [0.2, 0.25) is 5.02 Å². The Morgan fingerprint density at radius 2 is 1.95 bits per heavy atom. The lowest BCUT2D eigenvalue weighted by Crippen LogP contribution is -2.26. The average Bonchev–Trinajstić information content (AvgIpc) is 2.37. The number of nitrogens with two attached hydrogens (primary N) is 1. The van der Waals surface area contributed by atoms with Crippen LogP contribution in [0.1, 0.15) is 12.0 Å². The molecule has 0 radical (unpaired) electrons. The molecule has 6 heteroatoms. The molecule has 0 atom stereocenters. The Morgan fingerprint density at radius 1 is 1.26 bits per heavy atom. The Hall–Kier alpha value is -1.20. The fraction of sp³-hybridized carbons (Fsp3) is 0.385. The van der Waals surface area contributed by atoms with E-state index in [0.29, 0.717) is 23.7 Å². The molecule has 1 rings (SSSR count). The minimum absolute atomic E-state index is 0.00839. The minimum Gasteiger partial charge on any atom is -0.369 e. The van der Waals surface area contributed by atoms with E-state index < -0.39 is 0 Å². The maximum atomic E-state index is 11.5. The van der Waals surface area contributed by atoms with Crippen molar-refractivity contribution in [2.45, 2.75) is 12.8 Å². The van der Waals surface area contributed by atoms with Gasteiger partial charge in [0.05, 0.1) is 5.75 Å². The number of carbonyl (C=O) groups is 2. The van der Waals surface area contributed by atoms with Crippen molar-refractivity contribution in [2.24, 2.45) is 5.73 Å². The molecule has 1 aromatic carbocycles. The predicted octanol–water partition coefficient (Wildman–Crippen LogP) is 1.61. The van der Waals surface area contributed by atoms with Crippen LogP contribution in [-0.2, 0) is 16.0 Å². The molecular formula is C13H17ClN2O2S. The number of hydrogen-bond donors (Lipinski definition) is 2. The Bertz CT molecular complexity index is 423. The van der Waals surface area contributed by atoms with Gasteiger partial charge in [-0.15, -0.1) is 0 Å². The topological polar surface area (TPSA) is 72.2 Å². The maximum absolute atomic E-state index is 11.5. The molecule has 0 bridgehead atoms. The molecular weight excluding hydrogens is 284 g/mol. The summed E-state index contributed by atoms with van der Waals surface area (Å²) in [4.78, 5) is 22.0. The number of hydrogen-bond acceptors (Lipinski definition) is 3. The smallest absolute Gasteiger partial charge is 0.227 e. The quantitative estimate of drug-likeness (QED) is 0.716. The van der Waals surface area contributed by atoms with Gasteiger partial charge in [-0.05, 0) is 24.1 Å². The number of thioether (sulfide) groups is 1. The van der Waals surface area contributed by atoms with Crippen molar-refractivity contribution < 1.29 is 9.59 Å². The fourth-order valence-electron chi connectivity index (χ4n) is 1.42. The van der Waals surface area contributed by atoms with E-state index in [0.717, 1.165) is 12.0 Å². The van der Waals surface area contributed by atoms with E-state index in [4.69, 9.17) is 17.3 Å². The first kappa shape index (κ1) is 15.9. The zero-order chi connectivity index (χ0) is 14.1. The highest BCUT2D eigenvalue weighted by Crippen LogP contribution is 2.09. The first-order chi connectivity index (χ1) is 9.08. The summed E-state index contributed by atoms with van der Waals surface area (Å²) in [5.74, 6) is 0.507. The maximum Gasteiger partial charge on any atom is 0.227 e. The number of primary amides is 1. The molecule has 1 aromatic rings. The monoisotopic (exact) mass is 300 g/mol. The van der Waals surface area contributed by atoms with Gasteiger partial charge in [0.1, 0.15) is 0 Å². The van der Waals surface area contributed by atoms with Crippen LogP contribution in [0, 0.1) is 0 Å². The van der Waals surface area contributed by atoms with Crippen LogP contribution in [0.15, 0.2) is 24.3 Å². The van der Waals surface area contributed by atoms with E-state index in [1.807, 2.05) is 24.3 Å². The Balaban J connectivity index is 2.10. The Kier molecular flexibility index (Phi) is 7.36. The molecule has 0 saturated heterocycles. The van der Waals surface area contributed by atoms with E-state index in [1.54, 1.807) is 0 Å². The second kappa shape index (κ2) is 8.82. The molecule has 0 aliphatic heterocycles. The minimum atomic E-state index is -0.354. The first-order valence-electron chi connectivity index (χ1n) is 5.95. The number of benzene rings is 1. The summed E-state index contributed by atoms with van der Waals surface area (Å²) >= 11 is 7.16. The van der Waals surface area contributed by atoms with Gasteiger partial charge in [-0.2, -0.15) is 11.8 Å². The first-order valence-corrected chi connectivity index (χ1v) is 7.48. The highest BCUT2D eigenvalue weighted by molar-refractivity contribution is 7.99. The zero-order valence-electron chi connectivity index (χ0n) is 10.5. The lowest BCUT2D eigenvalue weighted by atomic mass is 10.1. The van der Waals surface area contributed by atoms with E-state index in [1.165, 1.54) is 11.8 Å². The molecule has 0 aromatic heterocycles. The molecule has 0 heterocycles. The molecule has 4 nitrogen and oxygen atoms in total. The molecule has 0 aliphatic rings. The summed E-state index contributed by atoms with van der Waals surface area (Å²) in [7, 11) is 0. The summed E-state index contributed by atoms with van der Waals surface area (Å²) in [5.41, 5.74) is 6.13. The van der Waals surface area contributed by atoms with E-state index in [9.17, 15) is 9.59 Å². The molecule has 0 unspecified atom stereocenters. The van der Waals surface area contributed by atoms with E-state index >= 15 is 0 Å². The summed E-state index contributed by atoms with van der Waals surface area (Å²) < 4.78 is 0. The SMILES string of the molecule is NC(=O)CSCCC(=O)NCCc1ccc(Cl)cc1. The standard InChI is InChI=1S/C13H17ClN2O2S/c14-11-3-1-10(2-4-11)5-7-16-13(18)6-8-19-9-12(15)17/h1-4H,5-9H2,(H2,15,17)(H,16,18). The lowest BCUT2D eigenvalue weighted by molar-refractivity contribution is -0.120. The molecule has 0 fully saturated rings. The molecule has 0 aliphatic carbocycles. The normalized spacial score (nSPS) is 10.2. The van der Waals surface area contributed by atoms with Crippen molar-refractivity contribution in [3.05, 3.63) is 34.9 Å². The van der Waals surface area contributed by atoms with Crippen molar-refractivity contribution in [3.63, 3.8) is 0 Å². The fourth-order valence-corrected chi connectivity index (χ4v) is 2.22. The number of carbonyl (C=O) groups excluding carboxylic acids is 2. The zero-order valence-corrected chi connectivity index (χ0v) is 12.1. The summed E-state index contributed by atoms with van der Waals surface area (Å²) in [5, 5.41) is 3.54. The van der Waals surface area contributed by atoms with Gasteiger partial charge < -0.3 is 11.1 Å². The molecule has 19 heavy (non-hydrogen) atoms. The Labute approximate surface area is 122 Å². The van der Waals surface area contributed by atoms with Gasteiger partial charge in [0, 0.05) is 23.7 Å². The summed E-state index contributed by atoms with van der Waals surface area (Å²) in [6, 6.07) is 7.55. The van der Waals surface area contributed by atoms with Crippen molar-refractivity contribution in [1.29, 1.82) is 0 Å². The van der Waals surface area contributed by atoms with Crippen molar-refractivity contribution in [1.82, 2.24) is 5.32 Å². The van der Waals surface area contributed by atoms with Gasteiger partial charge in [0.25, 0.3) is 0 Å². The number of rotatable bonds is 8. The van der Waals surface area contributed by atoms with Crippen LogP contribution in [0.25, 0.3) is 0 Å². The van der Waals surface area contributed by atoms with Gasteiger partial charge >= 0.3 is 0 Å². The highest BCUT2D eigenvalue weighted by atomic mass is 35.5. The van der Waals surface area contributed by atoms with Crippen LogP contribution in [-0.4, -0.2) is 29.9 Å². The third-order valence-corrected chi connectivity index (χ3v) is 3.60. The van der Waals surface area contributed by atoms with Gasteiger partial charge in [-0.25, -0.2) is 0 Å². The second-order valence-electron chi connectivity index (χ2n) is 4.00. The Morgan fingerprint density at radius 3 is 2.58 bits per heavy atom. The van der Waals surface area contributed by atoms with Crippen molar-refractivity contribution in [3.8, 4) is 0 Å². The van der Waals surface area contributed by atoms with E-state index in [-0.39, 0.29) is 17.6 Å². The van der Waals surface area contributed by atoms with E-state index in [2.05, 4.69) is 5.32 Å². The lowest BCUT2D eigenvalue weighted by Gasteiger charge is -2.05. The van der Waals surface area contributed by atoms with Crippen LogP contribution < -0.4 is 11.1 Å². The van der Waals surface area contributed by atoms with Gasteiger partial charge in [0.15, 0.2) is 0 Å². The predicted molar refractivity (Wildman–Crippen MR) is 79.3 cm³/mol. The molecule has 104 valence electrons. The highest BCUT2D eigenvalue weighted by Gasteiger charge is 2.02. The van der Waals surface area contributed by atoms with Crippen molar-refractivity contribution >= 4 is 35.2 Å². The average molecular weight is 301 g/mol. The molecule has 0 spiro atoms. The third kappa shape index (κ3) is 7.74. The molecule has 3 N–H and O–H groups in total. The van der Waals surface area contributed by atoms with Gasteiger partial charge in [0.2, 0.25) is 11.8 Å². The molecule has 2 amide bonds. The van der Waals surface area contributed by atoms with Crippen LogP contribution in [0.3, 0.4) is 0 Å². The summed E-state index contributed by atoms with van der Waals surface area (Å²) in [6.07, 6.45) is 1.18. The van der Waals surface area contributed by atoms with Crippen LogP contribution in [0.4, 0.5) is 0 Å². The number of halogens is 1. The number of amides is 2. The summed E-state index contributed by atoms with van der Waals surface area (Å²) in [6.45, 7) is 0.598. The third-order valence-electron chi connectivity index (χ3n) is 2.37. The number of nitrogens with one attached hydrogen (secondary N) is 1. The van der Waals surface area contributed by atoms with Gasteiger partial charge in [-0.3, -0.25) is 9.59 Å². The van der Waals surface area contributed by atoms with Crippen LogP contribution >= 0.6 is 23.4 Å². The molecule has 0 saturated carbocycles. The van der Waals surface area contributed by atoms with Crippen molar-refractivity contribution in [2.75, 3.05) is 18.1 Å². The van der Waals surface area contributed by atoms with Gasteiger partial charge in [-0.1, -0.05) is 23.7 Å². The largest absolute Gasteiger partial charge is 0.369 e. The van der Waals surface area contributed by atoms with Crippen LogP contribution in [0.5, 0.6) is 0 Å². The second-order valence-corrected chi connectivity index (χ2v) is 5.54.